The second kappa shape index (κ2) is 10.4. The Morgan fingerprint density at radius 2 is 2.04 bits per heavy atom. The molecule has 0 saturated heterocycles. The van der Waals surface area contributed by atoms with Gasteiger partial charge in [0.1, 0.15) is 17.4 Å². The molecular formula is C22H22N2O4. The zero-order valence-corrected chi connectivity index (χ0v) is 15.8. The molecule has 144 valence electrons. The molecule has 6 nitrogen and oxygen atoms in total. The molecule has 2 N–H and O–H groups in total. The third-order valence-electron chi connectivity index (χ3n) is 3.95. The normalized spacial score (nSPS) is 11.1. The summed E-state index contributed by atoms with van der Waals surface area (Å²) in [6.45, 7) is 0.407. The van der Waals surface area contributed by atoms with Crippen LogP contribution in [-0.2, 0) is 11.2 Å². The van der Waals surface area contributed by atoms with Gasteiger partial charge in [-0.25, -0.2) is 0 Å². The number of phenolic OH excluding ortho intramolecular Hbond substituents is 1. The number of hydrogen-bond donors (Lipinski definition) is 2. The van der Waals surface area contributed by atoms with Gasteiger partial charge in [0, 0.05) is 6.54 Å². The van der Waals surface area contributed by atoms with Crippen molar-refractivity contribution >= 4 is 12.0 Å². The molecule has 0 heterocycles. The van der Waals surface area contributed by atoms with Crippen molar-refractivity contribution in [3.05, 3.63) is 71.3 Å². The number of aromatic hydroxyl groups is 1. The summed E-state index contributed by atoms with van der Waals surface area (Å²) in [4.78, 5) is 12.2. The number of nitriles is 1. The first kappa shape index (κ1) is 20.6. The lowest BCUT2D eigenvalue weighted by Gasteiger charge is -2.06. The molecule has 0 aliphatic heterocycles. The van der Waals surface area contributed by atoms with Gasteiger partial charge in [-0.05, 0) is 47.9 Å². The predicted octanol–water partition coefficient (Wildman–Crippen LogP) is 3.23. The Balaban J connectivity index is 1.94. The summed E-state index contributed by atoms with van der Waals surface area (Å²) in [7, 11) is 3.07. The molecule has 0 atom stereocenters. The molecule has 1 amide bonds. The van der Waals surface area contributed by atoms with E-state index in [1.54, 1.807) is 31.4 Å². The van der Waals surface area contributed by atoms with Gasteiger partial charge in [0.05, 0.1) is 14.2 Å². The number of methoxy groups -OCH3 is 2. The van der Waals surface area contributed by atoms with Crippen molar-refractivity contribution in [2.45, 2.75) is 6.42 Å². The minimum atomic E-state index is -0.432. The molecule has 2 aromatic carbocycles. The molecule has 0 aliphatic rings. The molecule has 0 spiro atoms. The van der Waals surface area contributed by atoms with Crippen molar-refractivity contribution in [1.82, 2.24) is 5.32 Å². The van der Waals surface area contributed by atoms with Gasteiger partial charge >= 0.3 is 0 Å². The summed E-state index contributed by atoms with van der Waals surface area (Å²) in [5.74, 6) is 0.723. The fourth-order valence-corrected chi connectivity index (χ4v) is 2.46. The number of carbonyl (C=O) groups excluding carboxylic acids is 1. The zero-order chi connectivity index (χ0) is 20.4. The molecule has 2 aromatic rings. The molecule has 0 unspecified atom stereocenters. The first-order valence-corrected chi connectivity index (χ1v) is 8.64. The Morgan fingerprint density at radius 3 is 2.75 bits per heavy atom. The number of allylic oxidation sites excluding steroid dienone is 2. The Morgan fingerprint density at radius 1 is 1.21 bits per heavy atom. The molecule has 0 aromatic heterocycles. The van der Waals surface area contributed by atoms with Crippen LogP contribution >= 0.6 is 0 Å². The van der Waals surface area contributed by atoms with E-state index in [0.29, 0.717) is 18.7 Å². The number of rotatable bonds is 8. The molecule has 28 heavy (non-hydrogen) atoms. The molecule has 0 bridgehead atoms. The molecule has 0 saturated carbocycles. The second-order valence-corrected chi connectivity index (χ2v) is 5.84. The van der Waals surface area contributed by atoms with Crippen LogP contribution in [-0.4, -0.2) is 31.8 Å². The standard InChI is InChI=1S/C22H22N2O4/c1-27-19-8-4-6-17(13-19)11-12-24-22(26)18(15-23)7-3-5-16-9-10-20(25)21(14-16)28-2/h3-10,13-14,25H,11-12H2,1-2H3,(H,24,26)/b5-3+,18-7+. The average molecular weight is 378 g/mol. The number of nitrogens with zero attached hydrogens (tertiary/aromatic N) is 1. The van der Waals surface area contributed by atoms with Crippen LogP contribution in [0.1, 0.15) is 11.1 Å². The summed E-state index contributed by atoms with van der Waals surface area (Å²) in [6, 6.07) is 14.4. The number of hydrogen-bond acceptors (Lipinski definition) is 5. The van der Waals surface area contributed by atoms with Crippen molar-refractivity contribution in [2.24, 2.45) is 0 Å². The van der Waals surface area contributed by atoms with Crippen LogP contribution < -0.4 is 14.8 Å². The van der Waals surface area contributed by atoms with Gasteiger partial charge in [0.2, 0.25) is 0 Å². The minimum absolute atomic E-state index is 0.00707. The molecular weight excluding hydrogens is 356 g/mol. The largest absolute Gasteiger partial charge is 0.504 e. The smallest absolute Gasteiger partial charge is 0.261 e. The van der Waals surface area contributed by atoms with E-state index in [0.717, 1.165) is 16.9 Å². The van der Waals surface area contributed by atoms with Crippen LogP contribution in [0.25, 0.3) is 6.08 Å². The van der Waals surface area contributed by atoms with Gasteiger partial charge in [-0.15, -0.1) is 0 Å². The van der Waals surface area contributed by atoms with E-state index in [2.05, 4.69) is 5.32 Å². The summed E-state index contributed by atoms with van der Waals surface area (Å²) in [6.07, 6.45) is 5.39. The number of ether oxygens (including phenoxy) is 2. The highest BCUT2D eigenvalue weighted by Crippen LogP contribution is 2.26. The van der Waals surface area contributed by atoms with Gasteiger partial charge in [-0.1, -0.05) is 30.4 Å². The highest BCUT2D eigenvalue weighted by atomic mass is 16.5. The molecule has 6 heteroatoms. The Labute approximate surface area is 164 Å². The summed E-state index contributed by atoms with van der Waals surface area (Å²) in [5.41, 5.74) is 1.80. The summed E-state index contributed by atoms with van der Waals surface area (Å²) >= 11 is 0. The van der Waals surface area contributed by atoms with Crippen LogP contribution in [0.2, 0.25) is 0 Å². The van der Waals surface area contributed by atoms with Crippen molar-refractivity contribution < 1.29 is 19.4 Å². The fraction of sp³-hybridized carbons (Fsp3) is 0.182. The minimum Gasteiger partial charge on any atom is -0.504 e. The van der Waals surface area contributed by atoms with Gasteiger partial charge in [0.15, 0.2) is 11.5 Å². The number of phenols is 1. The maximum Gasteiger partial charge on any atom is 0.261 e. The maximum absolute atomic E-state index is 12.2. The van der Waals surface area contributed by atoms with Crippen molar-refractivity contribution in [1.29, 1.82) is 5.26 Å². The van der Waals surface area contributed by atoms with E-state index in [1.165, 1.54) is 19.3 Å². The van der Waals surface area contributed by atoms with Crippen molar-refractivity contribution in [2.75, 3.05) is 20.8 Å². The van der Waals surface area contributed by atoms with Crippen LogP contribution in [0.5, 0.6) is 17.2 Å². The average Bonchev–Trinajstić information content (AvgIpc) is 2.72. The fourth-order valence-electron chi connectivity index (χ4n) is 2.46. The first-order chi connectivity index (χ1) is 13.6. The van der Waals surface area contributed by atoms with E-state index >= 15 is 0 Å². The van der Waals surface area contributed by atoms with Gasteiger partial charge in [-0.2, -0.15) is 5.26 Å². The number of amides is 1. The van der Waals surface area contributed by atoms with Gasteiger partial charge in [-0.3, -0.25) is 4.79 Å². The number of nitrogens with one attached hydrogen (secondary N) is 1. The quantitative estimate of drug-likeness (QED) is 0.418. The van der Waals surface area contributed by atoms with E-state index in [4.69, 9.17) is 9.47 Å². The van der Waals surface area contributed by atoms with E-state index in [9.17, 15) is 15.2 Å². The van der Waals surface area contributed by atoms with E-state index in [1.807, 2.05) is 30.3 Å². The van der Waals surface area contributed by atoms with Crippen molar-refractivity contribution in [3.63, 3.8) is 0 Å². The van der Waals surface area contributed by atoms with Gasteiger partial charge in [0.25, 0.3) is 5.91 Å². The zero-order valence-electron chi connectivity index (χ0n) is 15.8. The topological polar surface area (TPSA) is 91.6 Å². The lowest BCUT2D eigenvalue weighted by atomic mass is 10.1. The summed E-state index contributed by atoms with van der Waals surface area (Å²) < 4.78 is 10.2. The molecule has 0 fully saturated rings. The third-order valence-corrected chi connectivity index (χ3v) is 3.95. The van der Waals surface area contributed by atoms with E-state index < -0.39 is 5.91 Å². The van der Waals surface area contributed by atoms with Crippen molar-refractivity contribution in [3.8, 4) is 23.3 Å². The number of benzene rings is 2. The van der Waals surface area contributed by atoms with Gasteiger partial charge < -0.3 is 19.9 Å². The molecule has 2 rings (SSSR count). The van der Waals surface area contributed by atoms with Crippen LogP contribution in [0.3, 0.4) is 0 Å². The monoisotopic (exact) mass is 378 g/mol. The van der Waals surface area contributed by atoms with Crippen LogP contribution in [0, 0.1) is 11.3 Å². The SMILES string of the molecule is COc1cccc(CCNC(=O)/C(C#N)=C/C=C/c2ccc(O)c(OC)c2)c1. The Kier molecular flexibility index (Phi) is 7.67. The molecule has 0 radical (unpaired) electrons. The number of carbonyl (C=O) groups is 1. The Bertz CT molecular complexity index is 926. The third kappa shape index (κ3) is 5.92. The second-order valence-electron chi connectivity index (χ2n) is 5.84. The lowest BCUT2D eigenvalue weighted by Crippen LogP contribution is -2.26. The molecule has 0 aliphatic carbocycles. The first-order valence-electron chi connectivity index (χ1n) is 8.64. The summed E-state index contributed by atoms with van der Waals surface area (Å²) in [5, 5.41) is 21.5. The Hall–Kier alpha value is -3.72. The van der Waals surface area contributed by atoms with Crippen LogP contribution in [0.15, 0.2) is 60.2 Å². The lowest BCUT2D eigenvalue weighted by molar-refractivity contribution is -0.117. The highest BCUT2D eigenvalue weighted by molar-refractivity contribution is 5.97. The predicted molar refractivity (Wildman–Crippen MR) is 107 cm³/mol. The maximum atomic E-state index is 12.2. The highest BCUT2D eigenvalue weighted by Gasteiger charge is 2.07. The van der Waals surface area contributed by atoms with E-state index in [-0.39, 0.29) is 11.3 Å². The van der Waals surface area contributed by atoms with Crippen LogP contribution in [0.4, 0.5) is 0 Å².